The van der Waals surface area contributed by atoms with Crippen molar-refractivity contribution in [1.82, 2.24) is 0 Å². The van der Waals surface area contributed by atoms with E-state index in [9.17, 15) is 0 Å². The molecule has 0 aromatic heterocycles. The molecule has 0 unspecified atom stereocenters. The Bertz CT molecular complexity index is 1010. The van der Waals surface area contributed by atoms with E-state index in [4.69, 9.17) is 4.74 Å². The van der Waals surface area contributed by atoms with Crippen LogP contribution in [0, 0.1) is 0 Å². The molecule has 0 heterocycles. The lowest BCUT2D eigenvalue weighted by Crippen LogP contribution is -1.98. The second-order valence-corrected chi connectivity index (χ2v) is 6.55. The normalized spacial score (nSPS) is 10.7. The smallest absolute Gasteiger partial charge is 0.0719 e. The molecule has 0 fully saturated rings. The van der Waals surface area contributed by atoms with Crippen LogP contribution in [0.5, 0.6) is 0 Å². The fraction of sp³-hybridized carbons (Fsp3) is 0.0769. The summed E-state index contributed by atoms with van der Waals surface area (Å²) in [5.74, 6) is 0. The lowest BCUT2D eigenvalue weighted by Gasteiger charge is -2.20. The fourth-order valence-electron chi connectivity index (χ4n) is 3.62. The molecule has 0 aliphatic rings. The van der Waals surface area contributed by atoms with Gasteiger partial charge >= 0.3 is 0 Å². The van der Waals surface area contributed by atoms with E-state index in [1.807, 2.05) is 0 Å². The van der Waals surface area contributed by atoms with E-state index in [-0.39, 0.29) is 0 Å². The number of hydrogen-bond acceptors (Lipinski definition) is 1. The number of methoxy groups -OCH3 is 1. The van der Waals surface area contributed by atoms with Crippen molar-refractivity contribution in [3.8, 4) is 33.4 Å². The zero-order valence-electron chi connectivity index (χ0n) is 15.4. The Morgan fingerprint density at radius 2 is 1.00 bits per heavy atom. The Morgan fingerprint density at radius 1 is 0.519 bits per heavy atom. The molecular formula is C26H22O. The van der Waals surface area contributed by atoms with Gasteiger partial charge in [-0.1, -0.05) is 103 Å². The van der Waals surface area contributed by atoms with Gasteiger partial charge in [0.2, 0.25) is 0 Å². The Balaban J connectivity index is 2.08. The predicted octanol–water partition coefficient (Wildman–Crippen LogP) is 6.83. The average Bonchev–Trinajstić information content (AvgIpc) is 2.75. The van der Waals surface area contributed by atoms with Crippen LogP contribution in [0.15, 0.2) is 103 Å². The van der Waals surface area contributed by atoms with Crippen molar-refractivity contribution in [2.24, 2.45) is 0 Å². The maximum Gasteiger partial charge on any atom is 0.0719 e. The molecule has 0 radical (unpaired) electrons. The molecule has 4 rings (SSSR count). The van der Waals surface area contributed by atoms with E-state index in [2.05, 4.69) is 103 Å². The molecule has 0 aliphatic carbocycles. The van der Waals surface area contributed by atoms with Crippen molar-refractivity contribution < 1.29 is 4.74 Å². The van der Waals surface area contributed by atoms with Gasteiger partial charge in [0.25, 0.3) is 0 Å². The second kappa shape index (κ2) is 8.03. The van der Waals surface area contributed by atoms with E-state index in [1.54, 1.807) is 7.11 Å². The van der Waals surface area contributed by atoms with Gasteiger partial charge in [0.15, 0.2) is 0 Å². The van der Waals surface area contributed by atoms with Gasteiger partial charge in [0.05, 0.1) is 6.61 Å². The van der Waals surface area contributed by atoms with Crippen LogP contribution in [0.3, 0.4) is 0 Å². The summed E-state index contributed by atoms with van der Waals surface area (Å²) in [6.45, 7) is 0.582. The monoisotopic (exact) mass is 350 g/mol. The first-order valence-corrected chi connectivity index (χ1v) is 9.19. The molecule has 0 spiro atoms. The van der Waals surface area contributed by atoms with Crippen LogP contribution in [0.25, 0.3) is 33.4 Å². The van der Waals surface area contributed by atoms with Crippen molar-refractivity contribution >= 4 is 0 Å². The largest absolute Gasteiger partial charge is 0.380 e. The van der Waals surface area contributed by atoms with Crippen molar-refractivity contribution in [3.63, 3.8) is 0 Å². The van der Waals surface area contributed by atoms with Crippen LogP contribution < -0.4 is 0 Å². The summed E-state index contributed by atoms with van der Waals surface area (Å²) in [5.41, 5.74) is 8.57. The van der Waals surface area contributed by atoms with Crippen LogP contribution in [-0.2, 0) is 11.3 Å². The van der Waals surface area contributed by atoms with E-state index in [1.165, 1.54) is 38.9 Å². The molecular weight excluding hydrogens is 328 g/mol. The minimum absolute atomic E-state index is 0.582. The molecule has 0 saturated carbocycles. The van der Waals surface area contributed by atoms with E-state index < -0.39 is 0 Å². The number of rotatable bonds is 5. The summed E-state index contributed by atoms with van der Waals surface area (Å²) in [7, 11) is 1.75. The summed E-state index contributed by atoms with van der Waals surface area (Å²) >= 11 is 0. The minimum Gasteiger partial charge on any atom is -0.380 e. The van der Waals surface area contributed by atoms with Crippen LogP contribution in [0.4, 0.5) is 0 Å². The van der Waals surface area contributed by atoms with Gasteiger partial charge in [-0.2, -0.15) is 0 Å². The lowest BCUT2D eigenvalue weighted by atomic mass is 9.85. The van der Waals surface area contributed by atoms with Crippen LogP contribution in [0.1, 0.15) is 5.56 Å². The third kappa shape index (κ3) is 3.55. The van der Waals surface area contributed by atoms with Crippen molar-refractivity contribution in [1.29, 1.82) is 0 Å². The van der Waals surface area contributed by atoms with E-state index >= 15 is 0 Å². The summed E-state index contributed by atoms with van der Waals surface area (Å²) in [5, 5.41) is 0. The van der Waals surface area contributed by atoms with Gasteiger partial charge < -0.3 is 4.74 Å². The SMILES string of the molecule is COCc1ccc(-c2ccccc2)c(-c2ccccc2)c1-c1ccccc1. The van der Waals surface area contributed by atoms with E-state index in [0.717, 1.165) is 0 Å². The van der Waals surface area contributed by atoms with Gasteiger partial charge in [-0.3, -0.25) is 0 Å². The van der Waals surface area contributed by atoms with Gasteiger partial charge in [-0.05, 0) is 38.9 Å². The van der Waals surface area contributed by atoms with Crippen molar-refractivity contribution in [2.75, 3.05) is 7.11 Å². The molecule has 0 atom stereocenters. The van der Waals surface area contributed by atoms with Gasteiger partial charge in [-0.15, -0.1) is 0 Å². The second-order valence-electron chi connectivity index (χ2n) is 6.55. The van der Waals surface area contributed by atoms with Crippen molar-refractivity contribution in [3.05, 3.63) is 109 Å². The molecule has 1 heteroatoms. The van der Waals surface area contributed by atoms with Gasteiger partial charge in [0.1, 0.15) is 0 Å². The Kier molecular flexibility index (Phi) is 5.13. The third-order valence-corrected chi connectivity index (χ3v) is 4.80. The highest BCUT2D eigenvalue weighted by Crippen LogP contribution is 2.42. The zero-order valence-corrected chi connectivity index (χ0v) is 15.4. The molecule has 0 aliphatic heterocycles. The Hall–Kier alpha value is -3.16. The molecule has 0 bridgehead atoms. The molecule has 0 amide bonds. The van der Waals surface area contributed by atoms with Crippen molar-refractivity contribution in [2.45, 2.75) is 6.61 Å². The highest BCUT2D eigenvalue weighted by atomic mass is 16.5. The topological polar surface area (TPSA) is 9.23 Å². The Morgan fingerprint density at radius 3 is 1.52 bits per heavy atom. The Labute approximate surface area is 160 Å². The molecule has 0 saturated heterocycles. The summed E-state index contributed by atoms with van der Waals surface area (Å²) in [6, 6.07) is 36.2. The lowest BCUT2D eigenvalue weighted by molar-refractivity contribution is 0.185. The standard InChI is InChI=1S/C26H22O/c1-27-19-23-17-18-24(20-11-5-2-6-12-20)26(22-15-9-4-10-16-22)25(23)21-13-7-3-8-14-21/h2-18H,19H2,1H3. The zero-order chi connectivity index (χ0) is 18.5. The highest BCUT2D eigenvalue weighted by molar-refractivity contribution is 5.95. The summed E-state index contributed by atoms with van der Waals surface area (Å²) in [6.07, 6.45) is 0. The summed E-state index contributed by atoms with van der Waals surface area (Å²) < 4.78 is 5.53. The molecule has 132 valence electrons. The molecule has 4 aromatic rings. The van der Waals surface area contributed by atoms with E-state index in [0.29, 0.717) is 6.61 Å². The highest BCUT2D eigenvalue weighted by Gasteiger charge is 2.17. The average molecular weight is 350 g/mol. The number of ether oxygens (including phenoxy) is 1. The van der Waals surface area contributed by atoms with Gasteiger partial charge in [0, 0.05) is 7.11 Å². The first-order chi connectivity index (χ1) is 13.4. The summed E-state index contributed by atoms with van der Waals surface area (Å²) in [4.78, 5) is 0. The predicted molar refractivity (Wildman–Crippen MR) is 113 cm³/mol. The third-order valence-electron chi connectivity index (χ3n) is 4.80. The van der Waals surface area contributed by atoms with Gasteiger partial charge in [-0.25, -0.2) is 0 Å². The fourth-order valence-corrected chi connectivity index (χ4v) is 3.62. The molecule has 1 nitrogen and oxygen atoms in total. The number of benzene rings is 4. The van der Waals surface area contributed by atoms with Crippen LogP contribution in [-0.4, -0.2) is 7.11 Å². The molecule has 4 aromatic carbocycles. The first kappa shape index (κ1) is 17.3. The molecule has 0 N–H and O–H groups in total. The number of hydrogen-bond donors (Lipinski definition) is 0. The first-order valence-electron chi connectivity index (χ1n) is 9.19. The van der Waals surface area contributed by atoms with Crippen LogP contribution in [0.2, 0.25) is 0 Å². The maximum atomic E-state index is 5.53. The quantitative estimate of drug-likeness (QED) is 0.383. The molecule has 27 heavy (non-hydrogen) atoms. The van der Waals surface area contributed by atoms with Crippen LogP contribution >= 0.6 is 0 Å². The minimum atomic E-state index is 0.582. The maximum absolute atomic E-state index is 5.53.